The second kappa shape index (κ2) is 9.32. The van der Waals surface area contributed by atoms with Gasteiger partial charge in [-0.2, -0.15) is 4.39 Å². The van der Waals surface area contributed by atoms with Gasteiger partial charge in [0.1, 0.15) is 0 Å². The molecular weight excluding hydrogens is 389 g/mol. The molecule has 3 saturated carbocycles. The van der Waals surface area contributed by atoms with Gasteiger partial charge in [0.25, 0.3) is 0 Å². The summed E-state index contributed by atoms with van der Waals surface area (Å²) in [5.41, 5.74) is 0. The lowest BCUT2D eigenvalue weighted by Gasteiger charge is -2.46. The van der Waals surface area contributed by atoms with E-state index in [0.717, 1.165) is 62.0 Å². The molecule has 3 aliphatic carbocycles. The first kappa shape index (κ1) is 21.7. The fourth-order valence-electron chi connectivity index (χ4n) is 6.56. The van der Waals surface area contributed by atoms with Crippen LogP contribution in [0, 0.1) is 53.0 Å². The van der Waals surface area contributed by atoms with Gasteiger partial charge in [-0.3, -0.25) is 4.79 Å². The summed E-state index contributed by atoms with van der Waals surface area (Å²) in [6.45, 7) is 2.30. The monoisotopic (exact) mass is 422 g/mol. The van der Waals surface area contributed by atoms with E-state index >= 15 is 0 Å². The minimum Gasteiger partial charge on any atom is -0.423 e. The average Bonchev–Trinajstić information content (AvgIpc) is 2.78. The van der Waals surface area contributed by atoms with Gasteiger partial charge in [-0.1, -0.05) is 39.0 Å². The number of carbonyl (C=O) groups is 1. The minimum absolute atomic E-state index is 0.267. The molecule has 1 aromatic rings. The van der Waals surface area contributed by atoms with E-state index in [9.17, 15) is 18.0 Å². The predicted octanol–water partition coefficient (Wildman–Crippen LogP) is 7.06. The average molecular weight is 423 g/mol. The molecule has 0 heterocycles. The summed E-state index contributed by atoms with van der Waals surface area (Å²) in [5, 5.41) is 0. The van der Waals surface area contributed by atoms with E-state index in [2.05, 4.69) is 6.92 Å². The van der Waals surface area contributed by atoms with Gasteiger partial charge in [0, 0.05) is 0 Å². The molecule has 0 saturated heterocycles. The summed E-state index contributed by atoms with van der Waals surface area (Å²) in [5.74, 6) is -2.29. The largest absolute Gasteiger partial charge is 0.423 e. The molecule has 3 fully saturated rings. The Morgan fingerprint density at radius 2 is 1.63 bits per heavy atom. The number of carbonyl (C=O) groups excluding carboxylic acids is 1. The molecule has 1 aromatic carbocycles. The Morgan fingerprint density at radius 3 is 2.37 bits per heavy atom. The summed E-state index contributed by atoms with van der Waals surface area (Å²) >= 11 is 0. The molecule has 30 heavy (non-hydrogen) atoms. The Balaban J connectivity index is 1.38. The SMILES string of the molecule is CCC1CCC(C2CCC3C(CCCC3C(=O)Oc3ccc(F)c(F)c3F)C2)CC1. The summed E-state index contributed by atoms with van der Waals surface area (Å²) in [4.78, 5) is 12.8. The zero-order valence-corrected chi connectivity index (χ0v) is 17.8. The molecule has 5 heteroatoms. The highest BCUT2D eigenvalue weighted by atomic mass is 19.2. The third-order valence-corrected chi connectivity index (χ3v) is 8.34. The third kappa shape index (κ3) is 4.40. The van der Waals surface area contributed by atoms with Crippen molar-refractivity contribution < 1.29 is 22.7 Å². The van der Waals surface area contributed by atoms with Gasteiger partial charge in [-0.05, 0) is 80.2 Å². The summed E-state index contributed by atoms with van der Waals surface area (Å²) in [6.07, 6.45) is 12.9. The van der Waals surface area contributed by atoms with Gasteiger partial charge in [0.2, 0.25) is 5.82 Å². The second-order valence-corrected chi connectivity index (χ2v) is 9.82. The van der Waals surface area contributed by atoms with E-state index in [-0.39, 0.29) is 11.8 Å². The van der Waals surface area contributed by atoms with Crippen molar-refractivity contribution >= 4 is 5.97 Å². The van der Waals surface area contributed by atoms with Gasteiger partial charge < -0.3 is 4.74 Å². The maximum absolute atomic E-state index is 13.9. The molecule has 0 amide bonds. The first-order valence-corrected chi connectivity index (χ1v) is 11.8. The van der Waals surface area contributed by atoms with Crippen molar-refractivity contribution in [2.45, 2.75) is 77.6 Å². The van der Waals surface area contributed by atoms with Crippen LogP contribution in [0.3, 0.4) is 0 Å². The Hall–Kier alpha value is -1.52. The highest BCUT2D eigenvalue weighted by Crippen LogP contribution is 2.50. The van der Waals surface area contributed by atoms with Crippen molar-refractivity contribution in [3.63, 3.8) is 0 Å². The number of ether oxygens (including phenoxy) is 1. The van der Waals surface area contributed by atoms with Crippen LogP contribution in [0.4, 0.5) is 13.2 Å². The van der Waals surface area contributed by atoms with E-state index in [1.165, 1.54) is 38.5 Å². The van der Waals surface area contributed by atoms with Crippen LogP contribution < -0.4 is 4.74 Å². The molecule has 3 aliphatic rings. The fourth-order valence-corrected chi connectivity index (χ4v) is 6.56. The lowest BCUT2D eigenvalue weighted by molar-refractivity contribution is -0.144. The summed E-state index contributed by atoms with van der Waals surface area (Å²) in [6, 6.07) is 1.79. The van der Waals surface area contributed by atoms with Gasteiger partial charge in [0.15, 0.2) is 17.4 Å². The predicted molar refractivity (Wildman–Crippen MR) is 109 cm³/mol. The van der Waals surface area contributed by atoms with Crippen LogP contribution in [0.1, 0.15) is 77.6 Å². The van der Waals surface area contributed by atoms with Crippen LogP contribution in [0.2, 0.25) is 0 Å². The smallest absolute Gasteiger partial charge is 0.314 e. The van der Waals surface area contributed by atoms with E-state index in [0.29, 0.717) is 5.92 Å². The number of fused-ring (bicyclic) bond motifs is 1. The van der Waals surface area contributed by atoms with E-state index in [4.69, 9.17) is 4.74 Å². The lowest BCUT2D eigenvalue weighted by Crippen LogP contribution is -2.40. The highest BCUT2D eigenvalue weighted by Gasteiger charge is 2.43. The van der Waals surface area contributed by atoms with E-state index < -0.39 is 29.2 Å². The van der Waals surface area contributed by atoms with Crippen LogP contribution in [0.25, 0.3) is 0 Å². The fraction of sp³-hybridized carbons (Fsp3) is 0.720. The molecule has 4 atom stereocenters. The van der Waals surface area contributed by atoms with Gasteiger partial charge in [-0.15, -0.1) is 0 Å². The third-order valence-electron chi connectivity index (χ3n) is 8.34. The number of hydrogen-bond acceptors (Lipinski definition) is 2. The molecule has 166 valence electrons. The molecule has 0 aliphatic heterocycles. The van der Waals surface area contributed by atoms with Crippen LogP contribution >= 0.6 is 0 Å². The maximum atomic E-state index is 13.9. The first-order chi connectivity index (χ1) is 14.5. The normalized spacial score (nSPS) is 34.3. The number of rotatable bonds is 4. The minimum atomic E-state index is -1.60. The first-order valence-electron chi connectivity index (χ1n) is 11.8. The molecule has 0 N–H and O–H groups in total. The quantitative estimate of drug-likeness (QED) is 0.295. The highest BCUT2D eigenvalue weighted by molar-refractivity contribution is 5.75. The second-order valence-electron chi connectivity index (χ2n) is 9.82. The van der Waals surface area contributed by atoms with Crippen molar-refractivity contribution in [1.82, 2.24) is 0 Å². The molecular formula is C25H33F3O2. The van der Waals surface area contributed by atoms with Crippen molar-refractivity contribution in [3.8, 4) is 5.75 Å². The molecule has 2 nitrogen and oxygen atoms in total. The van der Waals surface area contributed by atoms with Gasteiger partial charge in [-0.25, -0.2) is 8.78 Å². The van der Waals surface area contributed by atoms with Crippen molar-refractivity contribution in [3.05, 3.63) is 29.6 Å². The standard InChI is InChI=1S/C25H33F3O2/c1-2-15-6-8-16(9-7-15)17-10-11-19-18(14-17)4-3-5-20(19)25(29)30-22-13-12-21(26)23(27)24(22)28/h12-13,15-20H,2-11,14H2,1H3. The number of hydrogen-bond donors (Lipinski definition) is 0. The maximum Gasteiger partial charge on any atom is 0.314 e. The van der Waals surface area contributed by atoms with E-state index in [1.807, 2.05) is 0 Å². The Kier molecular flexibility index (Phi) is 6.74. The Morgan fingerprint density at radius 1 is 0.900 bits per heavy atom. The Bertz CT molecular complexity index is 757. The van der Waals surface area contributed by atoms with Gasteiger partial charge in [0.05, 0.1) is 5.92 Å². The van der Waals surface area contributed by atoms with Gasteiger partial charge >= 0.3 is 5.97 Å². The van der Waals surface area contributed by atoms with Crippen LogP contribution in [0.15, 0.2) is 12.1 Å². The molecule has 4 unspecified atom stereocenters. The zero-order valence-electron chi connectivity index (χ0n) is 17.8. The van der Waals surface area contributed by atoms with Crippen LogP contribution in [-0.4, -0.2) is 5.97 Å². The number of benzene rings is 1. The summed E-state index contributed by atoms with van der Waals surface area (Å²) < 4.78 is 45.8. The molecule has 0 radical (unpaired) electrons. The van der Waals surface area contributed by atoms with Crippen molar-refractivity contribution in [1.29, 1.82) is 0 Å². The molecule has 0 spiro atoms. The molecule has 0 aromatic heterocycles. The molecule has 0 bridgehead atoms. The number of esters is 1. The van der Waals surface area contributed by atoms with Crippen LogP contribution in [-0.2, 0) is 4.79 Å². The van der Waals surface area contributed by atoms with Crippen molar-refractivity contribution in [2.75, 3.05) is 0 Å². The Labute approximate surface area is 177 Å². The van der Waals surface area contributed by atoms with Crippen molar-refractivity contribution in [2.24, 2.45) is 35.5 Å². The number of halogens is 3. The molecule has 4 rings (SSSR count). The zero-order chi connectivity index (χ0) is 21.3. The topological polar surface area (TPSA) is 26.3 Å². The van der Waals surface area contributed by atoms with Crippen LogP contribution in [0.5, 0.6) is 5.75 Å². The van der Waals surface area contributed by atoms with E-state index in [1.54, 1.807) is 0 Å². The lowest BCUT2D eigenvalue weighted by atomic mass is 9.59. The summed E-state index contributed by atoms with van der Waals surface area (Å²) in [7, 11) is 0.